The number of carboxylic acids is 1. The maximum Gasteiger partial charge on any atom is 0.371 e. The first-order chi connectivity index (χ1) is 10.1. The molecule has 0 spiro atoms. The molecule has 2 aromatic heterocycles. The van der Waals surface area contributed by atoms with Crippen molar-refractivity contribution in [2.75, 3.05) is 0 Å². The number of nitrogens with zero attached hydrogens (tertiary/aromatic N) is 1. The summed E-state index contributed by atoms with van der Waals surface area (Å²) >= 11 is 0. The van der Waals surface area contributed by atoms with E-state index in [1.807, 2.05) is 24.3 Å². The number of aromatic nitrogens is 1. The number of fused-ring (bicyclic) bond motifs is 1. The molecule has 0 aliphatic rings. The monoisotopic (exact) mass is 283 g/mol. The van der Waals surface area contributed by atoms with Gasteiger partial charge in [0, 0.05) is 11.6 Å². The van der Waals surface area contributed by atoms with Crippen molar-refractivity contribution in [2.24, 2.45) is 0 Å². The summed E-state index contributed by atoms with van der Waals surface area (Å²) < 4.78 is 6.80. The van der Waals surface area contributed by atoms with Crippen LogP contribution in [0.1, 0.15) is 21.9 Å². The first-order valence-electron chi connectivity index (χ1n) is 6.47. The van der Waals surface area contributed by atoms with Gasteiger partial charge in [-0.3, -0.25) is 4.79 Å². The maximum absolute atomic E-state index is 12.1. The number of carboxylic acid groups (broad SMARTS) is 1. The van der Waals surface area contributed by atoms with Crippen LogP contribution in [0, 0.1) is 6.92 Å². The summed E-state index contributed by atoms with van der Waals surface area (Å²) in [6.07, 6.45) is 0. The zero-order chi connectivity index (χ0) is 15.0. The van der Waals surface area contributed by atoms with Gasteiger partial charge in [-0.2, -0.15) is 0 Å². The molecule has 0 aliphatic heterocycles. The molecule has 5 nitrogen and oxygen atoms in total. The number of carbonyl (C=O) groups is 1. The van der Waals surface area contributed by atoms with Crippen LogP contribution >= 0.6 is 0 Å². The SMILES string of the molecule is Cc1oc(C(=O)O)cc1Cn1c(=O)ccc2ccccc21. The van der Waals surface area contributed by atoms with Crippen LogP contribution in [-0.4, -0.2) is 15.6 Å². The lowest BCUT2D eigenvalue weighted by Crippen LogP contribution is -2.19. The second kappa shape index (κ2) is 4.94. The number of furan rings is 1. The Labute approximate surface area is 120 Å². The molecule has 0 atom stereocenters. The molecule has 21 heavy (non-hydrogen) atoms. The quantitative estimate of drug-likeness (QED) is 0.802. The second-order valence-electron chi connectivity index (χ2n) is 4.81. The molecule has 0 aliphatic carbocycles. The average molecular weight is 283 g/mol. The Morgan fingerprint density at radius 1 is 1.24 bits per heavy atom. The van der Waals surface area contributed by atoms with Gasteiger partial charge in [-0.15, -0.1) is 0 Å². The van der Waals surface area contributed by atoms with Crippen molar-refractivity contribution in [1.82, 2.24) is 4.57 Å². The number of para-hydroxylation sites is 1. The van der Waals surface area contributed by atoms with Crippen molar-refractivity contribution >= 4 is 16.9 Å². The molecule has 5 heteroatoms. The highest BCUT2D eigenvalue weighted by atomic mass is 16.4. The predicted octanol–water partition coefficient (Wildman–Crippen LogP) is 2.65. The van der Waals surface area contributed by atoms with Gasteiger partial charge in [-0.1, -0.05) is 18.2 Å². The summed E-state index contributed by atoms with van der Waals surface area (Å²) in [5.74, 6) is -0.724. The van der Waals surface area contributed by atoms with Crippen LogP contribution in [0.5, 0.6) is 0 Å². The Morgan fingerprint density at radius 2 is 2.00 bits per heavy atom. The highest BCUT2D eigenvalue weighted by Gasteiger charge is 2.14. The van der Waals surface area contributed by atoms with Crippen LogP contribution in [-0.2, 0) is 6.54 Å². The summed E-state index contributed by atoms with van der Waals surface area (Å²) in [4.78, 5) is 23.0. The van der Waals surface area contributed by atoms with Crippen molar-refractivity contribution in [3.05, 3.63) is 69.9 Å². The maximum atomic E-state index is 12.1. The number of benzene rings is 1. The Bertz CT molecular complexity index is 889. The van der Waals surface area contributed by atoms with Crippen molar-refractivity contribution in [3.8, 4) is 0 Å². The van der Waals surface area contributed by atoms with Crippen LogP contribution in [0.15, 0.2) is 51.7 Å². The molecular formula is C16H13NO4. The summed E-state index contributed by atoms with van der Waals surface area (Å²) in [6, 6.07) is 12.3. The molecule has 106 valence electrons. The number of aromatic carboxylic acids is 1. The van der Waals surface area contributed by atoms with Gasteiger partial charge in [-0.05, 0) is 30.5 Å². The Kier molecular flexibility index (Phi) is 3.10. The van der Waals surface area contributed by atoms with Crippen molar-refractivity contribution < 1.29 is 14.3 Å². The van der Waals surface area contributed by atoms with Gasteiger partial charge in [-0.25, -0.2) is 4.79 Å². The molecule has 0 unspecified atom stereocenters. The number of rotatable bonds is 3. The zero-order valence-electron chi connectivity index (χ0n) is 11.4. The van der Waals surface area contributed by atoms with Crippen LogP contribution < -0.4 is 5.56 Å². The number of aryl methyl sites for hydroxylation is 1. The largest absolute Gasteiger partial charge is 0.475 e. The third-order valence-electron chi connectivity index (χ3n) is 3.46. The average Bonchev–Trinajstić information content (AvgIpc) is 2.84. The summed E-state index contributed by atoms with van der Waals surface area (Å²) in [6.45, 7) is 1.97. The minimum absolute atomic E-state index is 0.115. The molecule has 0 saturated carbocycles. The first kappa shape index (κ1) is 13.2. The van der Waals surface area contributed by atoms with Crippen molar-refractivity contribution in [1.29, 1.82) is 0 Å². The van der Waals surface area contributed by atoms with Crippen molar-refractivity contribution in [3.63, 3.8) is 0 Å². The fourth-order valence-electron chi connectivity index (χ4n) is 2.36. The van der Waals surface area contributed by atoms with Gasteiger partial charge >= 0.3 is 5.97 Å². The van der Waals surface area contributed by atoms with E-state index < -0.39 is 5.97 Å². The molecule has 0 fully saturated rings. The topological polar surface area (TPSA) is 72.4 Å². The summed E-state index contributed by atoms with van der Waals surface area (Å²) in [5.41, 5.74) is 1.36. The third-order valence-corrected chi connectivity index (χ3v) is 3.46. The van der Waals surface area contributed by atoms with E-state index in [9.17, 15) is 9.59 Å². The second-order valence-corrected chi connectivity index (χ2v) is 4.81. The molecule has 3 aromatic rings. The minimum atomic E-state index is -1.12. The van der Waals surface area contributed by atoms with Gasteiger partial charge in [0.05, 0.1) is 12.1 Å². The van der Waals surface area contributed by atoms with Crippen LogP contribution in [0.4, 0.5) is 0 Å². The van der Waals surface area contributed by atoms with Crippen LogP contribution in [0.2, 0.25) is 0 Å². The molecule has 3 rings (SSSR count). The highest BCUT2D eigenvalue weighted by Crippen LogP contribution is 2.18. The van der Waals surface area contributed by atoms with Gasteiger partial charge in [0.1, 0.15) is 5.76 Å². The van der Waals surface area contributed by atoms with Gasteiger partial charge in [0.2, 0.25) is 5.76 Å². The lowest BCUT2D eigenvalue weighted by atomic mass is 10.2. The van der Waals surface area contributed by atoms with Gasteiger partial charge in [0.15, 0.2) is 0 Å². The van der Waals surface area contributed by atoms with E-state index >= 15 is 0 Å². The summed E-state index contributed by atoms with van der Waals surface area (Å²) in [5, 5.41) is 9.91. The Morgan fingerprint density at radius 3 is 2.71 bits per heavy atom. The smallest absolute Gasteiger partial charge is 0.371 e. The zero-order valence-corrected chi connectivity index (χ0v) is 11.4. The number of hydrogen-bond donors (Lipinski definition) is 1. The molecule has 2 heterocycles. The molecule has 0 saturated heterocycles. The number of hydrogen-bond acceptors (Lipinski definition) is 3. The minimum Gasteiger partial charge on any atom is -0.475 e. The molecule has 1 aromatic carbocycles. The van der Waals surface area contributed by atoms with E-state index in [1.54, 1.807) is 17.6 Å². The molecule has 0 bridgehead atoms. The summed E-state index contributed by atoms with van der Waals surface area (Å²) in [7, 11) is 0. The molecule has 1 N–H and O–H groups in total. The highest BCUT2D eigenvalue weighted by molar-refractivity contribution is 5.84. The lowest BCUT2D eigenvalue weighted by Gasteiger charge is -2.09. The van der Waals surface area contributed by atoms with Gasteiger partial charge in [0.25, 0.3) is 5.56 Å². The molecule has 0 radical (unpaired) electrons. The van der Waals surface area contributed by atoms with E-state index in [2.05, 4.69) is 0 Å². The van der Waals surface area contributed by atoms with E-state index in [0.717, 1.165) is 10.9 Å². The van der Waals surface area contributed by atoms with Gasteiger partial charge < -0.3 is 14.1 Å². The predicted molar refractivity (Wildman–Crippen MR) is 77.7 cm³/mol. The number of pyridine rings is 1. The fourth-order valence-corrected chi connectivity index (χ4v) is 2.36. The van der Waals surface area contributed by atoms with E-state index in [0.29, 0.717) is 11.3 Å². The Balaban J connectivity index is 2.12. The van der Waals surface area contributed by atoms with Crippen molar-refractivity contribution in [2.45, 2.75) is 13.5 Å². The van der Waals surface area contributed by atoms with E-state index in [4.69, 9.17) is 9.52 Å². The normalized spacial score (nSPS) is 10.9. The fraction of sp³-hybridized carbons (Fsp3) is 0.125. The third kappa shape index (κ3) is 2.33. The molecular weight excluding hydrogens is 270 g/mol. The Hall–Kier alpha value is -2.82. The first-order valence-corrected chi connectivity index (χ1v) is 6.47. The standard InChI is InChI=1S/C16H13NO4/c1-10-12(8-14(21-10)16(19)20)9-17-13-5-3-2-4-11(13)6-7-15(17)18/h2-8H,9H2,1H3,(H,19,20). The van der Waals surface area contributed by atoms with E-state index in [1.165, 1.54) is 12.1 Å². The lowest BCUT2D eigenvalue weighted by molar-refractivity contribution is 0.0661. The van der Waals surface area contributed by atoms with Crippen LogP contribution in [0.25, 0.3) is 10.9 Å². The van der Waals surface area contributed by atoms with Crippen LogP contribution in [0.3, 0.4) is 0 Å². The molecule has 0 amide bonds. The van der Waals surface area contributed by atoms with E-state index in [-0.39, 0.29) is 17.9 Å².